The van der Waals surface area contributed by atoms with Crippen molar-refractivity contribution in [3.05, 3.63) is 444 Å². The van der Waals surface area contributed by atoms with Crippen LogP contribution in [0.2, 0.25) is 0 Å². The average Bonchev–Trinajstić information content (AvgIpc) is 1.50. The standard InChI is InChI=1S/C108H64N6O2/c109-65-67-42-50-101-93(54-67)107(89-38-11-7-34-85(89)86-35-8-12-39-90(86)107)95-61-79(48-52-103(95)115-101)70-46-44-69(45-47-70)73-24-19-33-84(60-73)106-111-97(71-20-3-1-4-21-71)63-98(114-106)81-30-17-28-77(58-81)78-29-18-32-83(59-78)100-64-99(112-105(113-100)72-22-5-2-6-23-72)82-31-16-27-76(57-82)74-25-15-26-75(56-74)80-49-53-104-96(62-80)108(94-55-68(66-110)43-51-102(94)116-104)91-40-13-9-36-87(91)88-37-10-14-41-92(88)108/h1-64H. The number of nitriles is 2. The molecule has 538 valence electrons. The molecule has 0 fully saturated rings. The summed E-state index contributed by atoms with van der Waals surface area (Å²) in [7, 11) is 0. The Morgan fingerprint density at radius 1 is 0.190 bits per heavy atom. The van der Waals surface area contributed by atoms with E-state index in [0.717, 1.165) is 157 Å². The monoisotopic (exact) mass is 1480 g/mol. The van der Waals surface area contributed by atoms with Crippen LogP contribution in [0.3, 0.4) is 0 Å². The lowest BCUT2D eigenvalue weighted by atomic mass is 9.65. The predicted molar refractivity (Wildman–Crippen MR) is 462 cm³/mol. The summed E-state index contributed by atoms with van der Waals surface area (Å²) in [4.78, 5) is 21.4. The van der Waals surface area contributed by atoms with Crippen molar-refractivity contribution in [2.24, 2.45) is 0 Å². The highest BCUT2D eigenvalue weighted by atomic mass is 16.5. The molecule has 116 heavy (non-hydrogen) atoms. The van der Waals surface area contributed by atoms with Crippen molar-refractivity contribution in [2.75, 3.05) is 0 Å². The maximum absolute atomic E-state index is 10.3. The Bertz CT molecular complexity index is 7100. The van der Waals surface area contributed by atoms with Gasteiger partial charge < -0.3 is 9.47 Å². The molecule has 2 aliphatic heterocycles. The average molecular weight is 1480 g/mol. The lowest BCUT2D eigenvalue weighted by Gasteiger charge is -2.39. The number of rotatable bonds is 11. The third-order valence-corrected chi connectivity index (χ3v) is 23.7. The summed E-state index contributed by atoms with van der Waals surface area (Å²) in [5.41, 5.74) is 32.5. The summed E-state index contributed by atoms with van der Waals surface area (Å²) < 4.78 is 13.6. The topological polar surface area (TPSA) is 118 Å². The molecule has 8 nitrogen and oxygen atoms in total. The second-order valence-electron chi connectivity index (χ2n) is 30.1. The van der Waals surface area contributed by atoms with E-state index >= 15 is 0 Å². The van der Waals surface area contributed by atoms with E-state index in [9.17, 15) is 10.5 Å². The number of hydrogen-bond donors (Lipinski definition) is 0. The summed E-state index contributed by atoms with van der Waals surface area (Å²) in [5.74, 6) is 4.32. The normalized spacial score (nSPS) is 12.9. The van der Waals surface area contributed by atoms with Gasteiger partial charge in [-0.15, -0.1) is 0 Å². The number of benzene rings is 16. The van der Waals surface area contributed by atoms with E-state index in [2.05, 4.69) is 328 Å². The van der Waals surface area contributed by atoms with Crippen LogP contribution in [0.4, 0.5) is 0 Å². The number of hydrogen-bond acceptors (Lipinski definition) is 8. The predicted octanol–water partition coefficient (Wildman–Crippen LogP) is 26.3. The molecule has 0 unspecified atom stereocenters. The fourth-order valence-corrected chi connectivity index (χ4v) is 18.4. The summed E-state index contributed by atoms with van der Waals surface area (Å²) in [6.45, 7) is 0. The van der Waals surface area contributed by atoms with Crippen molar-refractivity contribution in [3.8, 4) is 181 Å². The molecule has 2 spiro atoms. The summed E-state index contributed by atoms with van der Waals surface area (Å²) >= 11 is 0. The zero-order valence-electron chi connectivity index (χ0n) is 62.5. The fourth-order valence-electron chi connectivity index (χ4n) is 18.4. The molecule has 0 radical (unpaired) electrons. The summed E-state index contributed by atoms with van der Waals surface area (Å²) in [5, 5.41) is 20.6. The van der Waals surface area contributed by atoms with Gasteiger partial charge in [0, 0.05) is 55.6 Å². The van der Waals surface area contributed by atoms with Crippen LogP contribution in [0.25, 0.3) is 146 Å². The molecule has 0 N–H and O–H groups in total. The Balaban J connectivity index is 0.572. The lowest BCUT2D eigenvalue weighted by Crippen LogP contribution is -2.32. The van der Waals surface area contributed by atoms with Crippen LogP contribution in [0, 0.1) is 22.7 Å². The molecule has 22 rings (SSSR count). The zero-order chi connectivity index (χ0) is 77.0. The van der Waals surface area contributed by atoms with Gasteiger partial charge in [0.2, 0.25) is 0 Å². The maximum atomic E-state index is 10.3. The molecular weight excluding hydrogens is 1410 g/mol. The van der Waals surface area contributed by atoms with Gasteiger partial charge in [-0.1, -0.05) is 285 Å². The van der Waals surface area contributed by atoms with E-state index in [-0.39, 0.29) is 0 Å². The van der Waals surface area contributed by atoms with Gasteiger partial charge in [-0.05, 0) is 203 Å². The van der Waals surface area contributed by atoms with Crippen LogP contribution in [-0.4, -0.2) is 19.9 Å². The Hall–Kier alpha value is -15.7. The Kier molecular flexibility index (Phi) is 15.7. The zero-order valence-corrected chi connectivity index (χ0v) is 62.5. The molecule has 0 saturated heterocycles. The highest BCUT2D eigenvalue weighted by Gasteiger charge is 2.53. The van der Waals surface area contributed by atoms with Crippen LogP contribution in [0.15, 0.2) is 388 Å². The van der Waals surface area contributed by atoms with Gasteiger partial charge in [-0.2, -0.15) is 10.5 Å². The van der Waals surface area contributed by atoms with E-state index in [1.165, 1.54) is 44.5 Å². The first-order chi connectivity index (χ1) is 57.3. The molecule has 18 aromatic rings. The number of aromatic nitrogens is 4. The van der Waals surface area contributed by atoms with Crippen molar-refractivity contribution < 1.29 is 9.47 Å². The largest absolute Gasteiger partial charge is 0.457 e. The van der Waals surface area contributed by atoms with Crippen LogP contribution in [0.1, 0.15) is 55.6 Å². The molecule has 0 bridgehead atoms. The maximum Gasteiger partial charge on any atom is 0.160 e. The molecule has 8 heteroatoms. The molecular formula is C108H64N6O2. The van der Waals surface area contributed by atoms with Gasteiger partial charge >= 0.3 is 0 Å². The quantitative estimate of drug-likeness (QED) is 0.126. The van der Waals surface area contributed by atoms with E-state index in [1.54, 1.807) is 0 Å². The van der Waals surface area contributed by atoms with Gasteiger partial charge in [-0.3, -0.25) is 0 Å². The van der Waals surface area contributed by atoms with Crippen LogP contribution in [-0.2, 0) is 10.8 Å². The molecule has 0 atom stereocenters. The SMILES string of the molecule is N#Cc1ccc2c(c1)C1(c3cc(-c4ccc(-c5cccc(-c6nc(-c7ccccc7)cc(-c7cccc(-c8cccc(-c9cc(-c%10cccc(-c%11cccc(-c%12ccc%13c(c%12)C%12(c%14cc(C#N)ccc%14O%13)c%13ccccc%13-c%13ccccc%13%12)c%11)c%10)nc(-c%10ccccc%10)n9)c8)c7)n6)c5)cc4)ccc3O2)c2ccccc2-c2ccccc21. The van der Waals surface area contributed by atoms with Crippen LogP contribution < -0.4 is 9.47 Å². The Labute approximate surface area is 671 Å². The van der Waals surface area contributed by atoms with Crippen LogP contribution in [0.5, 0.6) is 23.0 Å². The van der Waals surface area contributed by atoms with Gasteiger partial charge in [0.15, 0.2) is 11.6 Å². The minimum Gasteiger partial charge on any atom is -0.457 e. The molecule has 16 aromatic carbocycles. The smallest absolute Gasteiger partial charge is 0.160 e. The Morgan fingerprint density at radius 2 is 0.448 bits per heavy atom. The van der Waals surface area contributed by atoms with E-state index in [4.69, 9.17) is 29.4 Å². The van der Waals surface area contributed by atoms with Gasteiger partial charge in [0.1, 0.15) is 23.0 Å². The first-order valence-electron chi connectivity index (χ1n) is 39.0. The van der Waals surface area contributed by atoms with Gasteiger partial charge in [0.25, 0.3) is 0 Å². The number of ether oxygens (including phenoxy) is 2. The van der Waals surface area contributed by atoms with E-state index < -0.39 is 10.8 Å². The molecule has 2 aliphatic carbocycles. The van der Waals surface area contributed by atoms with E-state index in [0.29, 0.717) is 22.8 Å². The Morgan fingerprint density at radius 3 is 0.836 bits per heavy atom. The third-order valence-electron chi connectivity index (χ3n) is 23.7. The summed E-state index contributed by atoms with van der Waals surface area (Å²) in [6.07, 6.45) is 0. The number of nitrogens with zero attached hydrogens (tertiary/aromatic N) is 6. The highest BCUT2D eigenvalue weighted by Crippen LogP contribution is 2.65. The molecule has 4 aliphatic rings. The second-order valence-corrected chi connectivity index (χ2v) is 30.1. The minimum atomic E-state index is -0.725. The number of fused-ring (bicyclic) bond motifs is 18. The van der Waals surface area contributed by atoms with Gasteiger partial charge in [-0.25, -0.2) is 19.9 Å². The molecule has 2 aromatic heterocycles. The molecule has 0 amide bonds. The van der Waals surface area contributed by atoms with Crippen molar-refractivity contribution in [1.82, 2.24) is 19.9 Å². The van der Waals surface area contributed by atoms with Crippen LogP contribution >= 0.6 is 0 Å². The third kappa shape index (κ3) is 10.9. The first kappa shape index (κ1) is 67.2. The fraction of sp³-hybridized carbons (Fsp3) is 0.0185. The van der Waals surface area contributed by atoms with Crippen molar-refractivity contribution >= 4 is 0 Å². The lowest BCUT2D eigenvalue weighted by molar-refractivity contribution is 0.436. The molecule has 4 heterocycles. The van der Waals surface area contributed by atoms with Gasteiger partial charge in [0.05, 0.1) is 56.9 Å². The molecule has 0 saturated carbocycles. The summed E-state index contributed by atoms with van der Waals surface area (Å²) in [6, 6.07) is 141. The minimum absolute atomic E-state index is 0.585. The van der Waals surface area contributed by atoms with Crippen molar-refractivity contribution in [1.29, 1.82) is 10.5 Å². The highest BCUT2D eigenvalue weighted by molar-refractivity contribution is 5.93. The van der Waals surface area contributed by atoms with Crippen molar-refractivity contribution in [3.63, 3.8) is 0 Å². The van der Waals surface area contributed by atoms with E-state index in [1.807, 2.05) is 72.8 Å². The second kappa shape index (κ2) is 27.0. The van der Waals surface area contributed by atoms with Crippen molar-refractivity contribution in [2.45, 2.75) is 10.8 Å². The first-order valence-corrected chi connectivity index (χ1v) is 39.0.